The molecule has 0 aromatic heterocycles. The molecule has 0 saturated carbocycles. The number of hydrogen-bond acceptors (Lipinski definition) is 2. The summed E-state index contributed by atoms with van der Waals surface area (Å²) in [4.78, 5) is 2.38. The summed E-state index contributed by atoms with van der Waals surface area (Å²) < 4.78 is 0. The Morgan fingerprint density at radius 1 is 1.69 bits per heavy atom. The van der Waals surface area contributed by atoms with Gasteiger partial charge in [-0.3, -0.25) is 4.90 Å². The smallest absolute Gasteiger partial charge is 0.0244 e. The third-order valence-electron chi connectivity index (χ3n) is 2.98. The van der Waals surface area contributed by atoms with Gasteiger partial charge in [-0.05, 0) is 45.8 Å². The van der Waals surface area contributed by atoms with Gasteiger partial charge >= 0.3 is 0 Å². The molecule has 0 amide bonds. The SMILES string of the molecule is C=CC(C)N(C)CC1CCCNC1. The Labute approximate surface area is 82.0 Å². The number of likely N-dealkylation sites (N-methyl/N-ethyl adjacent to an activating group) is 1. The molecule has 1 aliphatic heterocycles. The molecule has 0 aromatic carbocycles. The van der Waals surface area contributed by atoms with Crippen LogP contribution in [0.3, 0.4) is 0 Å². The Kier molecular flexibility index (Phi) is 4.46. The maximum absolute atomic E-state index is 3.82. The summed E-state index contributed by atoms with van der Waals surface area (Å²) >= 11 is 0. The molecule has 2 unspecified atom stereocenters. The molecule has 1 N–H and O–H groups in total. The largest absolute Gasteiger partial charge is 0.316 e. The minimum atomic E-state index is 0.502. The van der Waals surface area contributed by atoms with Crippen LogP contribution in [-0.4, -0.2) is 37.6 Å². The Hall–Kier alpha value is -0.340. The predicted octanol–water partition coefficient (Wildman–Crippen LogP) is 1.49. The second-order valence-corrected chi connectivity index (χ2v) is 4.13. The molecule has 0 spiro atoms. The van der Waals surface area contributed by atoms with Crippen LogP contribution in [0.1, 0.15) is 19.8 Å². The van der Waals surface area contributed by atoms with Crippen molar-refractivity contribution in [1.82, 2.24) is 10.2 Å². The van der Waals surface area contributed by atoms with Crippen molar-refractivity contribution in [2.45, 2.75) is 25.8 Å². The summed E-state index contributed by atoms with van der Waals surface area (Å²) in [5.74, 6) is 0.834. The molecule has 2 heteroatoms. The summed E-state index contributed by atoms with van der Waals surface area (Å²) in [6.45, 7) is 9.60. The van der Waals surface area contributed by atoms with E-state index >= 15 is 0 Å². The monoisotopic (exact) mass is 182 g/mol. The molecular weight excluding hydrogens is 160 g/mol. The first kappa shape index (κ1) is 10.7. The van der Waals surface area contributed by atoms with E-state index in [0.29, 0.717) is 6.04 Å². The van der Waals surface area contributed by atoms with Gasteiger partial charge in [-0.15, -0.1) is 6.58 Å². The van der Waals surface area contributed by atoms with Gasteiger partial charge in [-0.1, -0.05) is 6.08 Å². The second-order valence-electron chi connectivity index (χ2n) is 4.13. The van der Waals surface area contributed by atoms with E-state index in [1.807, 2.05) is 6.08 Å². The molecular formula is C11H22N2. The zero-order chi connectivity index (χ0) is 9.68. The molecule has 1 saturated heterocycles. The highest BCUT2D eigenvalue weighted by molar-refractivity contribution is 4.84. The van der Waals surface area contributed by atoms with Gasteiger partial charge < -0.3 is 5.32 Å². The highest BCUT2D eigenvalue weighted by atomic mass is 15.1. The summed E-state index contributed by atoms with van der Waals surface area (Å²) in [5, 5.41) is 3.44. The van der Waals surface area contributed by atoms with Gasteiger partial charge in [0.2, 0.25) is 0 Å². The van der Waals surface area contributed by atoms with Crippen LogP contribution in [0, 0.1) is 5.92 Å². The highest BCUT2D eigenvalue weighted by Gasteiger charge is 2.16. The van der Waals surface area contributed by atoms with Crippen molar-refractivity contribution in [3.63, 3.8) is 0 Å². The van der Waals surface area contributed by atoms with Gasteiger partial charge in [0.05, 0.1) is 0 Å². The van der Waals surface area contributed by atoms with Gasteiger partial charge in [-0.2, -0.15) is 0 Å². The topological polar surface area (TPSA) is 15.3 Å². The molecule has 0 bridgehead atoms. The number of hydrogen-bond donors (Lipinski definition) is 1. The first-order valence-electron chi connectivity index (χ1n) is 5.27. The van der Waals surface area contributed by atoms with Crippen LogP contribution >= 0.6 is 0 Å². The molecule has 1 heterocycles. The fourth-order valence-corrected chi connectivity index (χ4v) is 1.83. The number of piperidine rings is 1. The average molecular weight is 182 g/mol. The Morgan fingerprint density at radius 2 is 2.46 bits per heavy atom. The van der Waals surface area contributed by atoms with Crippen molar-refractivity contribution < 1.29 is 0 Å². The van der Waals surface area contributed by atoms with E-state index in [4.69, 9.17) is 0 Å². The van der Waals surface area contributed by atoms with E-state index in [0.717, 1.165) is 5.92 Å². The molecule has 0 aromatic rings. The normalized spacial score (nSPS) is 25.9. The van der Waals surface area contributed by atoms with Gasteiger partial charge in [0.15, 0.2) is 0 Å². The van der Waals surface area contributed by atoms with Crippen LogP contribution in [0.5, 0.6) is 0 Å². The van der Waals surface area contributed by atoms with Crippen LogP contribution < -0.4 is 5.32 Å². The first-order valence-corrected chi connectivity index (χ1v) is 5.27. The second kappa shape index (κ2) is 5.40. The zero-order valence-electron chi connectivity index (χ0n) is 8.92. The van der Waals surface area contributed by atoms with E-state index in [1.165, 1.54) is 32.5 Å². The Morgan fingerprint density at radius 3 is 3.00 bits per heavy atom. The maximum Gasteiger partial charge on any atom is 0.0244 e. The van der Waals surface area contributed by atoms with E-state index in [-0.39, 0.29) is 0 Å². The van der Waals surface area contributed by atoms with Crippen LogP contribution in [0.25, 0.3) is 0 Å². The third kappa shape index (κ3) is 3.49. The van der Waals surface area contributed by atoms with Crippen molar-refractivity contribution in [1.29, 1.82) is 0 Å². The quantitative estimate of drug-likeness (QED) is 0.663. The lowest BCUT2D eigenvalue weighted by Crippen LogP contribution is -2.39. The first-order chi connectivity index (χ1) is 6.24. The molecule has 2 nitrogen and oxygen atoms in total. The van der Waals surface area contributed by atoms with Crippen LogP contribution in [-0.2, 0) is 0 Å². The summed E-state index contributed by atoms with van der Waals surface area (Å²) in [6.07, 6.45) is 4.72. The lowest BCUT2D eigenvalue weighted by Gasteiger charge is -2.30. The fraction of sp³-hybridized carbons (Fsp3) is 0.818. The number of nitrogens with one attached hydrogen (secondary N) is 1. The molecule has 0 aliphatic carbocycles. The van der Waals surface area contributed by atoms with Gasteiger partial charge in [0.25, 0.3) is 0 Å². The predicted molar refractivity (Wildman–Crippen MR) is 57.9 cm³/mol. The molecule has 2 atom stereocenters. The van der Waals surface area contributed by atoms with Crippen LogP contribution in [0.15, 0.2) is 12.7 Å². The maximum atomic E-state index is 3.82. The van der Waals surface area contributed by atoms with Crippen LogP contribution in [0.2, 0.25) is 0 Å². The Balaban J connectivity index is 2.25. The zero-order valence-corrected chi connectivity index (χ0v) is 8.92. The van der Waals surface area contributed by atoms with Gasteiger partial charge in [0.1, 0.15) is 0 Å². The van der Waals surface area contributed by atoms with Crippen molar-refractivity contribution in [2.24, 2.45) is 5.92 Å². The summed E-state index contributed by atoms with van der Waals surface area (Å²) in [6, 6.07) is 0.502. The van der Waals surface area contributed by atoms with Gasteiger partial charge in [-0.25, -0.2) is 0 Å². The van der Waals surface area contributed by atoms with Crippen molar-refractivity contribution in [3.8, 4) is 0 Å². The Bertz CT molecular complexity index is 150. The fourth-order valence-electron chi connectivity index (χ4n) is 1.83. The van der Waals surface area contributed by atoms with E-state index in [2.05, 4.69) is 30.8 Å². The standard InChI is InChI=1S/C11H22N2/c1-4-10(2)13(3)9-11-6-5-7-12-8-11/h4,10-12H,1,5-9H2,2-3H3. The molecule has 1 aliphatic rings. The molecule has 0 radical (unpaired) electrons. The van der Waals surface area contributed by atoms with E-state index < -0.39 is 0 Å². The van der Waals surface area contributed by atoms with Crippen molar-refractivity contribution >= 4 is 0 Å². The third-order valence-corrected chi connectivity index (χ3v) is 2.98. The number of rotatable bonds is 4. The van der Waals surface area contributed by atoms with Gasteiger partial charge in [0, 0.05) is 12.6 Å². The lowest BCUT2D eigenvalue weighted by molar-refractivity contribution is 0.221. The van der Waals surface area contributed by atoms with Crippen molar-refractivity contribution in [3.05, 3.63) is 12.7 Å². The summed E-state index contributed by atoms with van der Waals surface area (Å²) in [7, 11) is 2.18. The van der Waals surface area contributed by atoms with E-state index in [9.17, 15) is 0 Å². The lowest BCUT2D eigenvalue weighted by atomic mass is 9.99. The molecule has 1 rings (SSSR count). The number of nitrogens with zero attached hydrogens (tertiary/aromatic N) is 1. The highest BCUT2D eigenvalue weighted by Crippen LogP contribution is 2.12. The molecule has 13 heavy (non-hydrogen) atoms. The van der Waals surface area contributed by atoms with Crippen LogP contribution in [0.4, 0.5) is 0 Å². The van der Waals surface area contributed by atoms with Crippen molar-refractivity contribution in [2.75, 3.05) is 26.7 Å². The molecule has 76 valence electrons. The van der Waals surface area contributed by atoms with E-state index in [1.54, 1.807) is 0 Å². The summed E-state index contributed by atoms with van der Waals surface area (Å²) in [5.41, 5.74) is 0. The molecule has 1 fully saturated rings. The minimum Gasteiger partial charge on any atom is -0.316 e. The minimum absolute atomic E-state index is 0.502. The average Bonchev–Trinajstić information content (AvgIpc) is 2.18.